The van der Waals surface area contributed by atoms with Gasteiger partial charge in [0.1, 0.15) is 0 Å². The standard InChI is InChI=1S/C15H10O4S/c16-15(17)14-13(10-6-2-1-3-7-10)11-8-4-5-9-12(11)20(14,18)19/h1-9H,(H,16,17). The van der Waals surface area contributed by atoms with E-state index in [1.165, 1.54) is 6.07 Å². The third kappa shape index (κ3) is 1.67. The monoisotopic (exact) mass is 286 g/mol. The van der Waals surface area contributed by atoms with Gasteiger partial charge >= 0.3 is 5.97 Å². The zero-order valence-electron chi connectivity index (χ0n) is 10.3. The van der Waals surface area contributed by atoms with Crippen LogP contribution in [0.3, 0.4) is 0 Å². The molecule has 0 unspecified atom stereocenters. The molecule has 1 N–H and O–H groups in total. The fourth-order valence-corrected chi connectivity index (χ4v) is 4.05. The minimum Gasteiger partial charge on any atom is -0.477 e. The third-order valence-corrected chi connectivity index (χ3v) is 5.05. The van der Waals surface area contributed by atoms with Crippen LogP contribution in [-0.4, -0.2) is 19.5 Å². The van der Waals surface area contributed by atoms with Crippen LogP contribution in [0.15, 0.2) is 64.4 Å². The van der Waals surface area contributed by atoms with Crippen molar-refractivity contribution < 1.29 is 18.3 Å². The van der Waals surface area contributed by atoms with E-state index in [-0.39, 0.29) is 10.5 Å². The molecule has 0 aromatic heterocycles. The van der Waals surface area contributed by atoms with E-state index in [1.54, 1.807) is 48.5 Å². The number of fused-ring (bicyclic) bond motifs is 1. The van der Waals surface area contributed by atoms with Gasteiger partial charge < -0.3 is 5.11 Å². The van der Waals surface area contributed by atoms with E-state index in [0.29, 0.717) is 11.1 Å². The van der Waals surface area contributed by atoms with E-state index in [4.69, 9.17) is 0 Å². The lowest BCUT2D eigenvalue weighted by Gasteiger charge is -2.04. The summed E-state index contributed by atoms with van der Waals surface area (Å²) in [6.07, 6.45) is 0. The van der Waals surface area contributed by atoms with E-state index >= 15 is 0 Å². The Balaban J connectivity index is 2.44. The van der Waals surface area contributed by atoms with Crippen molar-refractivity contribution in [3.63, 3.8) is 0 Å². The fourth-order valence-electron chi connectivity index (χ4n) is 2.39. The van der Waals surface area contributed by atoms with E-state index in [0.717, 1.165) is 0 Å². The van der Waals surface area contributed by atoms with Crippen molar-refractivity contribution in [2.24, 2.45) is 0 Å². The van der Waals surface area contributed by atoms with Gasteiger partial charge in [-0.2, -0.15) is 0 Å². The summed E-state index contributed by atoms with van der Waals surface area (Å²) in [5.41, 5.74) is 1.28. The van der Waals surface area contributed by atoms with Gasteiger partial charge in [-0.25, -0.2) is 13.2 Å². The first-order chi connectivity index (χ1) is 9.53. The minimum absolute atomic E-state index is 0.0521. The van der Waals surface area contributed by atoms with Gasteiger partial charge in [-0.1, -0.05) is 48.5 Å². The largest absolute Gasteiger partial charge is 0.477 e. The summed E-state index contributed by atoms with van der Waals surface area (Å²) in [6.45, 7) is 0. The van der Waals surface area contributed by atoms with E-state index in [1.807, 2.05) is 0 Å². The van der Waals surface area contributed by atoms with Gasteiger partial charge in [-0.15, -0.1) is 0 Å². The van der Waals surface area contributed by atoms with Crippen LogP contribution in [0, 0.1) is 0 Å². The molecule has 2 aromatic rings. The molecule has 2 aromatic carbocycles. The van der Waals surface area contributed by atoms with Crippen LogP contribution in [0.4, 0.5) is 0 Å². The number of sulfone groups is 1. The highest BCUT2D eigenvalue weighted by Gasteiger charge is 2.39. The Morgan fingerprint density at radius 1 is 0.900 bits per heavy atom. The van der Waals surface area contributed by atoms with Crippen molar-refractivity contribution in [1.82, 2.24) is 0 Å². The lowest BCUT2D eigenvalue weighted by atomic mass is 9.98. The number of hydrogen-bond acceptors (Lipinski definition) is 3. The van der Waals surface area contributed by atoms with E-state index in [2.05, 4.69) is 0 Å². The SMILES string of the molecule is O=C(O)C1=C(c2ccccc2)c2ccccc2S1(=O)=O. The molecule has 0 saturated heterocycles. The zero-order chi connectivity index (χ0) is 14.3. The third-order valence-electron chi connectivity index (χ3n) is 3.20. The Kier molecular flexibility index (Phi) is 2.72. The van der Waals surface area contributed by atoms with Crippen LogP contribution in [0.5, 0.6) is 0 Å². The highest BCUT2D eigenvalue weighted by molar-refractivity contribution is 7.97. The summed E-state index contributed by atoms with van der Waals surface area (Å²) >= 11 is 0. The number of carbonyl (C=O) groups is 1. The Morgan fingerprint density at radius 2 is 1.50 bits per heavy atom. The second-order valence-electron chi connectivity index (χ2n) is 4.37. The first kappa shape index (κ1) is 12.6. The molecule has 4 nitrogen and oxygen atoms in total. The van der Waals surface area contributed by atoms with Gasteiger partial charge in [0.15, 0.2) is 4.91 Å². The average Bonchev–Trinajstić information content (AvgIpc) is 2.68. The van der Waals surface area contributed by atoms with Gasteiger partial charge in [-0.05, 0) is 11.6 Å². The van der Waals surface area contributed by atoms with Crippen LogP contribution < -0.4 is 0 Å². The van der Waals surface area contributed by atoms with Crippen LogP contribution in [-0.2, 0) is 14.6 Å². The smallest absolute Gasteiger partial charge is 0.348 e. The predicted molar refractivity (Wildman–Crippen MR) is 73.7 cm³/mol. The molecule has 1 aliphatic rings. The second-order valence-corrected chi connectivity index (χ2v) is 6.23. The van der Waals surface area contributed by atoms with E-state index in [9.17, 15) is 18.3 Å². The zero-order valence-corrected chi connectivity index (χ0v) is 11.1. The molecule has 0 fully saturated rings. The van der Waals surface area contributed by atoms with Gasteiger partial charge in [0.25, 0.3) is 0 Å². The maximum absolute atomic E-state index is 12.4. The van der Waals surface area contributed by atoms with Crippen molar-refractivity contribution in [3.05, 3.63) is 70.6 Å². The highest BCUT2D eigenvalue weighted by atomic mass is 32.2. The molecule has 20 heavy (non-hydrogen) atoms. The summed E-state index contributed by atoms with van der Waals surface area (Å²) in [4.78, 5) is 10.9. The second kappa shape index (κ2) is 4.31. The van der Waals surface area contributed by atoms with Crippen molar-refractivity contribution in [3.8, 4) is 0 Å². The van der Waals surface area contributed by atoms with Gasteiger partial charge in [0.05, 0.1) is 4.90 Å². The maximum Gasteiger partial charge on any atom is 0.348 e. The molecule has 0 spiro atoms. The Hall–Kier alpha value is -2.40. The molecular formula is C15H10O4S. The number of carboxylic acid groups (broad SMARTS) is 1. The summed E-state index contributed by atoms with van der Waals surface area (Å²) in [7, 11) is -3.96. The number of benzene rings is 2. The lowest BCUT2D eigenvalue weighted by Crippen LogP contribution is -2.10. The van der Waals surface area contributed by atoms with Crippen molar-refractivity contribution in [2.45, 2.75) is 4.90 Å². The quantitative estimate of drug-likeness (QED) is 0.919. The molecule has 0 aliphatic carbocycles. The molecule has 3 rings (SSSR count). The normalized spacial score (nSPS) is 16.0. The average molecular weight is 286 g/mol. The first-order valence-corrected chi connectivity index (χ1v) is 7.39. The van der Waals surface area contributed by atoms with Crippen LogP contribution in [0.2, 0.25) is 0 Å². The Labute approximate surface area is 115 Å². The summed E-state index contributed by atoms with van der Waals surface area (Å²) in [6, 6.07) is 15.0. The maximum atomic E-state index is 12.4. The fraction of sp³-hybridized carbons (Fsp3) is 0. The van der Waals surface area contributed by atoms with Crippen molar-refractivity contribution >= 4 is 21.4 Å². The molecule has 0 amide bonds. The van der Waals surface area contributed by atoms with Crippen LogP contribution in [0.25, 0.3) is 5.57 Å². The number of rotatable bonds is 2. The minimum atomic E-state index is -3.96. The molecule has 5 heteroatoms. The molecule has 1 aliphatic heterocycles. The topological polar surface area (TPSA) is 71.4 Å². The molecule has 0 atom stereocenters. The van der Waals surface area contributed by atoms with Crippen LogP contribution in [0.1, 0.15) is 11.1 Å². The molecular weight excluding hydrogens is 276 g/mol. The van der Waals surface area contributed by atoms with Gasteiger partial charge in [0.2, 0.25) is 9.84 Å². The lowest BCUT2D eigenvalue weighted by molar-refractivity contribution is -0.131. The molecule has 0 bridgehead atoms. The highest BCUT2D eigenvalue weighted by Crippen LogP contribution is 2.42. The Bertz CT molecular complexity index is 833. The number of aliphatic carboxylic acids is 1. The Morgan fingerprint density at radius 3 is 2.15 bits per heavy atom. The van der Waals surface area contributed by atoms with Gasteiger partial charge in [0, 0.05) is 11.1 Å². The number of hydrogen-bond donors (Lipinski definition) is 1. The summed E-state index contributed by atoms with van der Waals surface area (Å²) in [5.74, 6) is -1.43. The van der Waals surface area contributed by atoms with Crippen molar-refractivity contribution in [1.29, 1.82) is 0 Å². The molecule has 100 valence electrons. The number of carboxylic acids is 1. The predicted octanol–water partition coefficient (Wildman–Crippen LogP) is 2.32. The molecule has 0 radical (unpaired) electrons. The summed E-state index contributed by atoms with van der Waals surface area (Å²) in [5, 5.41) is 9.32. The molecule has 1 heterocycles. The van der Waals surface area contributed by atoms with Crippen LogP contribution >= 0.6 is 0 Å². The van der Waals surface area contributed by atoms with E-state index < -0.39 is 20.7 Å². The van der Waals surface area contributed by atoms with Crippen molar-refractivity contribution in [2.75, 3.05) is 0 Å². The first-order valence-electron chi connectivity index (χ1n) is 5.91. The summed E-state index contributed by atoms with van der Waals surface area (Å²) < 4.78 is 24.7. The van der Waals surface area contributed by atoms with Gasteiger partial charge in [-0.3, -0.25) is 0 Å². The molecule has 0 saturated carbocycles.